The first-order chi connectivity index (χ1) is 11.5. The molecule has 0 spiro atoms. The largest absolute Gasteiger partial charge is 0.412 e. The van der Waals surface area contributed by atoms with E-state index < -0.39 is 18.3 Å². The summed E-state index contributed by atoms with van der Waals surface area (Å²) in [4.78, 5) is 12.7. The molecule has 4 heteroatoms. The highest BCUT2D eigenvalue weighted by Crippen LogP contribution is 2.43. The topological polar surface area (TPSA) is 48.6 Å². The fourth-order valence-corrected chi connectivity index (χ4v) is 5.53. The van der Waals surface area contributed by atoms with Crippen molar-refractivity contribution in [2.45, 2.75) is 97.8 Å². The van der Waals surface area contributed by atoms with Gasteiger partial charge in [-0.3, -0.25) is 4.79 Å². The molecule has 2 nitrogen and oxygen atoms in total. The molecule has 4 atom stereocenters. The second-order valence-corrected chi connectivity index (χ2v) is 9.08. The summed E-state index contributed by atoms with van der Waals surface area (Å²) in [6.45, 7) is 4.11. The van der Waals surface area contributed by atoms with Crippen molar-refractivity contribution in [3.05, 3.63) is 0 Å². The molecule has 0 amide bonds. The highest BCUT2D eigenvalue weighted by Gasteiger charge is 2.44. The van der Waals surface area contributed by atoms with Gasteiger partial charge in [0.25, 0.3) is 0 Å². The van der Waals surface area contributed by atoms with Crippen LogP contribution in [0.15, 0.2) is 0 Å². The van der Waals surface area contributed by atoms with Gasteiger partial charge in [-0.05, 0) is 75.0 Å². The molecule has 0 aliphatic heterocycles. The van der Waals surface area contributed by atoms with E-state index in [1.54, 1.807) is 6.92 Å². The predicted octanol–water partition coefficient (Wildman–Crippen LogP) is 6.21. The summed E-state index contributed by atoms with van der Waals surface area (Å²) in [6, 6.07) is 0. The van der Waals surface area contributed by atoms with Gasteiger partial charge in [-0.2, -0.15) is 0 Å². The van der Waals surface area contributed by atoms with Gasteiger partial charge in [-0.25, -0.2) is 8.78 Å². The minimum absolute atomic E-state index is 0. The minimum atomic E-state index is -1.57. The van der Waals surface area contributed by atoms with Crippen LogP contribution in [0.3, 0.4) is 0 Å². The fourth-order valence-electron chi connectivity index (χ4n) is 5.53. The minimum Gasteiger partial charge on any atom is -0.412 e. The Kier molecular flexibility index (Phi) is 9.18. The Balaban J connectivity index is 0. The molecule has 3 fully saturated rings. The zero-order chi connectivity index (χ0) is 17.3. The first-order valence-corrected chi connectivity index (χ1v) is 10.3. The average molecular weight is 379 g/mol. The van der Waals surface area contributed by atoms with E-state index >= 15 is 0 Å². The maximum atomic E-state index is 14.3. The van der Waals surface area contributed by atoms with Gasteiger partial charge in [0.15, 0.2) is 0 Å². The number of Topliss-reactive ketones (excluding diaryl/α,β-unsaturated/α-hetero) is 1. The maximum Gasteiger partial charge on any atom is 0.142 e. The third kappa shape index (κ3) is 5.05. The molecule has 0 saturated heterocycles. The first kappa shape index (κ1) is 23.5. The Morgan fingerprint density at radius 1 is 0.769 bits per heavy atom. The lowest BCUT2D eigenvalue weighted by molar-refractivity contribution is -0.134. The summed E-state index contributed by atoms with van der Waals surface area (Å²) in [5.41, 5.74) is 0. The molecule has 0 radical (unpaired) electrons. The van der Waals surface area contributed by atoms with Crippen molar-refractivity contribution in [1.82, 2.24) is 0 Å². The molecule has 158 valence electrons. The van der Waals surface area contributed by atoms with Gasteiger partial charge in [0.05, 0.1) is 5.92 Å². The van der Waals surface area contributed by atoms with E-state index in [0.29, 0.717) is 12.8 Å². The number of hydrogen-bond acceptors (Lipinski definition) is 1. The van der Waals surface area contributed by atoms with Crippen LogP contribution in [0.25, 0.3) is 0 Å². The van der Waals surface area contributed by atoms with Gasteiger partial charge in [0.2, 0.25) is 0 Å². The summed E-state index contributed by atoms with van der Waals surface area (Å²) in [5, 5.41) is 0. The number of rotatable bonds is 3. The number of alkyl halides is 2. The Bertz CT molecular complexity index is 436. The van der Waals surface area contributed by atoms with Crippen molar-refractivity contribution in [3.8, 4) is 0 Å². The zero-order valence-electron chi connectivity index (χ0n) is 15.9. The van der Waals surface area contributed by atoms with Crippen molar-refractivity contribution >= 4 is 5.78 Å². The number of halogens is 2. The van der Waals surface area contributed by atoms with Crippen LogP contribution < -0.4 is 0 Å². The molecule has 3 saturated carbocycles. The van der Waals surface area contributed by atoms with Crippen LogP contribution in [0.4, 0.5) is 8.78 Å². The summed E-state index contributed by atoms with van der Waals surface area (Å²) in [7, 11) is 0. The molecule has 3 rings (SSSR count). The molecule has 0 aromatic rings. The zero-order valence-corrected chi connectivity index (χ0v) is 15.9. The van der Waals surface area contributed by atoms with Crippen molar-refractivity contribution in [1.29, 1.82) is 0 Å². The summed E-state index contributed by atoms with van der Waals surface area (Å²) in [5.74, 6) is 1.60. The Labute approximate surface area is 161 Å². The van der Waals surface area contributed by atoms with Gasteiger partial charge >= 0.3 is 0 Å². The Morgan fingerprint density at radius 2 is 1.27 bits per heavy atom. The van der Waals surface area contributed by atoms with Crippen LogP contribution in [0.1, 0.15) is 88.3 Å². The quantitative estimate of drug-likeness (QED) is 0.575. The molecular weight excluding hydrogens is 334 g/mol. The number of carbonyl (C=O) groups excluding carboxylic acids is 1. The highest BCUT2D eigenvalue weighted by molar-refractivity contribution is 5.84. The van der Waals surface area contributed by atoms with E-state index in [-0.39, 0.29) is 33.4 Å². The van der Waals surface area contributed by atoms with Gasteiger partial charge in [-0.15, -0.1) is 0 Å². The van der Waals surface area contributed by atoms with E-state index in [1.165, 1.54) is 25.7 Å². The van der Waals surface area contributed by atoms with Crippen LogP contribution in [-0.2, 0) is 4.79 Å². The van der Waals surface area contributed by atoms with E-state index in [4.69, 9.17) is 0 Å². The number of carbonyl (C=O) groups is 1. The fraction of sp³-hybridized carbons (Fsp3) is 0.955. The SMILES string of the molecule is C.CC1CCC(C2CCC(C(=O)C3CCC(C)C(F)C3F)CC2)CC1.O.[HH].[HH]. The Morgan fingerprint density at radius 3 is 1.81 bits per heavy atom. The van der Waals surface area contributed by atoms with Crippen LogP contribution in [0.2, 0.25) is 0 Å². The summed E-state index contributed by atoms with van der Waals surface area (Å²) >= 11 is 0. The summed E-state index contributed by atoms with van der Waals surface area (Å²) < 4.78 is 28.3. The lowest BCUT2D eigenvalue weighted by atomic mass is 9.67. The van der Waals surface area contributed by atoms with Crippen molar-refractivity contribution < 1.29 is 21.9 Å². The van der Waals surface area contributed by atoms with Crippen LogP contribution in [0.5, 0.6) is 0 Å². The molecule has 3 aliphatic carbocycles. The van der Waals surface area contributed by atoms with Crippen molar-refractivity contribution in [2.24, 2.45) is 35.5 Å². The molecule has 3 aliphatic rings. The predicted molar refractivity (Wildman–Crippen MR) is 108 cm³/mol. The third-order valence-electron chi connectivity index (χ3n) is 7.43. The molecule has 0 bridgehead atoms. The van der Waals surface area contributed by atoms with E-state index in [2.05, 4.69) is 6.92 Å². The average Bonchev–Trinajstić information content (AvgIpc) is 2.60. The molecule has 0 aromatic carbocycles. The standard InChI is InChI=1S/C21H34F2O.CH4.H2O.2H2/c1-13-3-6-15(7-4-13)16-8-10-17(11-9-16)21(24)18-12-5-14(2)19(22)20(18)23;;;;/h13-20H,3-12H2,1-2H3;1H4;1H2;2*1H. The van der Waals surface area contributed by atoms with Crippen molar-refractivity contribution in [3.63, 3.8) is 0 Å². The van der Waals surface area contributed by atoms with Gasteiger partial charge < -0.3 is 5.48 Å². The number of hydrogen-bond donors (Lipinski definition) is 0. The van der Waals surface area contributed by atoms with Crippen LogP contribution in [-0.4, -0.2) is 23.6 Å². The lowest BCUT2D eigenvalue weighted by Gasteiger charge is -2.39. The maximum absolute atomic E-state index is 14.3. The Hall–Kier alpha value is -0.510. The normalized spacial score (nSPS) is 43.7. The van der Waals surface area contributed by atoms with Crippen molar-refractivity contribution in [2.75, 3.05) is 0 Å². The molecule has 0 heterocycles. The van der Waals surface area contributed by atoms with E-state index in [0.717, 1.165) is 43.4 Å². The summed E-state index contributed by atoms with van der Waals surface area (Å²) in [6.07, 6.45) is 7.63. The second kappa shape index (κ2) is 10.1. The second-order valence-electron chi connectivity index (χ2n) is 9.08. The molecule has 0 aromatic heterocycles. The first-order valence-electron chi connectivity index (χ1n) is 10.3. The van der Waals surface area contributed by atoms with Crippen LogP contribution >= 0.6 is 0 Å². The molecule has 2 N–H and O–H groups in total. The van der Waals surface area contributed by atoms with Gasteiger partial charge in [0, 0.05) is 8.77 Å². The van der Waals surface area contributed by atoms with Gasteiger partial charge in [0.1, 0.15) is 18.1 Å². The highest BCUT2D eigenvalue weighted by atomic mass is 19.2. The van der Waals surface area contributed by atoms with E-state index in [9.17, 15) is 13.6 Å². The van der Waals surface area contributed by atoms with Crippen LogP contribution in [0, 0.1) is 35.5 Å². The molecule has 4 unspecified atom stereocenters. The lowest BCUT2D eigenvalue weighted by Crippen LogP contribution is -2.43. The monoisotopic (exact) mass is 378 g/mol. The molecule has 26 heavy (non-hydrogen) atoms. The third-order valence-corrected chi connectivity index (χ3v) is 7.43. The smallest absolute Gasteiger partial charge is 0.142 e. The number of ketones is 1. The van der Waals surface area contributed by atoms with E-state index in [1.807, 2.05) is 0 Å². The molecular formula is C22H44F2O2. The van der Waals surface area contributed by atoms with Gasteiger partial charge in [-0.1, -0.05) is 34.1 Å².